The highest BCUT2D eigenvalue weighted by molar-refractivity contribution is 6.30. The van der Waals surface area contributed by atoms with Crippen molar-refractivity contribution in [1.29, 1.82) is 0 Å². The lowest BCUT2D eigenvalue weighted by molar-refractivity contribution is 0.108. The monoisotopic (exact) mass is 249 g/mol. The van der Waals surface area contributed by atoms with Crippen molar-refractivity contribution in [3.63, 3.8) is 0 Å². The first-order chi connectivity index (χ1) is 8.25. The van der Waals surface area contributed by atoms with Gasteiger partial charge in [0.05, 0.1) is 24.6 Å². The van der Waals surface area contributed by atoms with Crippen molar-refractivity contribution in [2.75, 3.05) is 12.3 Å². The number of anilines is 1. The first-order valence-corrected chi connectivity index (χ1v) is 5.83. The van der Waals surface area contributed by atoms with Gasteiger partial charge in [0.2, 0.25) is 0 Å². The van der Waals surface area contributed by atoms with Gasteiger partial charge in [-0.25, -0.2) is 4.68 Å². The molecule has 0 saturated heterocycles. The first-order valence-electron chi connectivity index (χ1n) is 5.45. The van der Waals surface area contributed by atoms with E-state index in [0.29, 0.717) is 24.1 Å². The van der Waals surface area contributed by atoms with Gasteiger partial charge in [0.15, 0.2) is 0 Å². The maximum absolute atomic E-state index is 6.11. The maximum Gasteiger partial charge on any atom is 0.130 e. The quantitative estimate of drug-likeness (QED) is 0.843. The molecule has 88 valence electrons. The Labute approximate surface area is 104 Å². The number of hydrogen-bond acceptors (Lipinski definition) is 3. The molecule has 0 spiro atoms. The largest absolute Gasteiger partial charge is 0.383 e. The molecule has 0 saturated carbocycles. The van der Waals surface area contributed by atoms with Gasteiger partial charge in [0.1, 0.15) is 5.82 Å². The Morgan fingerprint density at radius 1 is 1.41 bits per heavy atom. The molecule has 0 radical (unpaired) electrons. The minimum Gasteiger partial charge on any atom is -0.383 e. The number of benzene rings is 1. The summed E-state index contributed by atoms with van der Waals surface area (Å²) < 4.78 is 7.09. The molecule has 17 heavy (non-hydrogen) atoms. The molecule has 0 fully saturated rings. The molecule has 2 aromatic rings. The van der Waals surface area contributed by atoms with Crippen molar-refractivity contribution in [1.82, 2.24) is 9.78 Å². The van der Waals surface area contributed by atoms with E-state index < -0.39 is 0 Å². The van der Waals surface area contributed by atoms with Crippen LogP contribution in [0.2, 0.25) is 5.02 Å². The molecule has 0 bridgehead atoms. The molecular formula is C12H12ClN3O. The number of nitrogen functional groups attached to an aromatic ring is 1. The topological polar surface area (TPSA) is 53.1 Å². The summed E-state index contributed by atoms with van der Waals surface area (Å²) in [5.74, 6) is 0.686. The van der Waals surface area contributed by atoms with Crippen molar-refractivity contribution in [3.8, 4) is 5.69 Å². The molecule has 3 rings (SSSR count). The van der Waals surface area contributed by atoms with Gasteiger partial charge in [0.25, 0.3) is 0 Å². The van der Waals surface area contributed by atoms with E-state index in [9.17, 15) is 0 Å². The van der Waals surface area contributed by atoms with E-state index in [1.54, 1.807) is 4.68 Å². The lowest BCUT2D eigenvalue weighted by Crippen LogP contribution is -2.09. The van der Waals surface area contributed by atoms with Crippen molar-refractivity contribution in [3.05, 3.63) is 40.5 Å². The summed E-state index contributed by atoms with van der Waals surface area (Å²) in [6, 6.07) is 7.49. The van der Waals surface area contributed by atoms with Crippen LogP contribution in [0.15, 0.2) is 24.3 Å². The lowest BCUT2D eigenvalue weighted by Gasteiger charge is -2.10. The van der Waals surface area contributed by atoms with Crippen LogP contribution in [0.1, 0.15) is 11.3 Å². The van der Waals surface area contributed by atoms with E-state index in [4.69, 9.17) is 22.1 Å². The van der Waals surface area contributed by atoms with E-state index in [0.717, 1.165) is 23.4 Å². The number of halogens is 1. The molecule has 1 aliphatic rings. The van der Waals surface area contributed by atoms with Crippen LogP contribution in [-0.2, 0) is 17.8 Å². The van der Waals surface area contributed by atoms with Gasteiger partial charge in [-0.05, 0) is 18.2 Å². The van der Waals surface area contributed by atoms with Gasteiger partial charge in [-0.1, -0.05) is 17.7 Å². The molecule has 1 aromatic carbocycles. The number of nitrogens with two attached hydrogens (primary N) is 1. The standard InChI is InChI=1S/C12H12ClN3O/c13-8-2-1-3-9(6-8)16-12(14)10-4-5-17-7-11(10)15-16/h1-3,6H,4-5,7,14H2. The molecule has 0 aliphatic carbocycles. The highest BCUT2D eigenvalue weighted by atomic mass is 35.5. The minimum absolute atomic E-state index is 0.535. The van der Waals surface area contributed by atoms with E-state index in [-0.39, 0.29) is 0 Å². The summed E-state index contributed by atoms with van der Waals surface area (Å²) in [4.78, 5) is 0. The summed E-state index contributed by atoms with van der Waals surface area (Å²) in [7, 11) is 0. The van der Waals surface area contributed by atoms with Crippen LogP contribution in [0.25, 0.3) is 5.69 Å². The second-order valence-corrected chi connectivity index (χ2v) is 4.44. The fourth-order valence-corrected chi connectivity index (χ4v) is 2.23. The zero-order chi connectivity index (χ0) is 11.8. The van der Waals surface area contributed by atoms with Crippen LogP contribution in [-0.4, -0.2) is 16.4 Å². The average Bonchev–Trinajstić information content (AvgIpc) is 2.68. The predicted octanol–water partition coefficient (Wildman–Crippen LogP) is 2.18. The van der Waals surface area contributed by atoms with Gasteiger partial charge >= 0.3 is 0 Å². The fraction of sp³-hybridized carbons (Fsp3) is 0.250. The number of ether oxygens (including phenoxy) is 1. The molecular weight excluding hydrogens is 238 g/mol. The third-order valence-electron chi connectivity index (χ3n) is 2.89. The summed E-state index contributed by atoms with van der Waals surface area (Å²) in [5, 5.41) is 5.14. The highest BCUT2D eigenvalue weighted by Crippen LogP contribution is 2.26. The summed E-state index contributed by atoms with van der Waals surface area (Å²) in [6.07, 6.45) is 0.821. The number of aromatic nitrogens is 2. The summed E-state index contributed by atoms with van der Waals surface area (Å²) >= 11 is 5.97. The van der Waals surface area contributed by atoms with Gasteiger partial charge in [-0.15, -0.1) is 0 Å². The fourth-order valence-electron chi connectivity index (χ4n) is 2.05. The van der Waals surface area contributed by atoms with Crippen LogP contribution in [0.3, 0.4) is 0 Å². The second-order valence-electron chi connectivity index (χ2n) is 4.00. The third-order valence-corrected chi connectivity index (χ3v) is 3.13. The first kappa shape index (κ1) is 10.6. The number of hydrogen-bond donors (Lipinski definition) is 1. The van der Waals surface area contributed by atoms with Crippen LogP contribution in [0.4, 0.5) is 5.82 Å². The molecule has 0 atom stereocenters. The van der Waals surface area contributed by atoms with Crippen molar-refractivity contribution < 1.29 is 4.74 Å². The Morgan fingerprint density at radius 2 is 2.29 bits per heavy atom. The van der Waals surface area contributed by atoms with Crippen LogP contribution < -0.4 is 5.73 Å². The van der Waals surface area contributed by atoms with Crippen LogP contribution in [0.5, 0.6) is 0 Å². The highest BCUT2D eigenvalue weighted by Gasteiger charge is 2.19. The molecule has 4 nitrogen and oxygen atoms in total. The van der Waals surface area contributed by atoms with Crippen molar-refractivity contribution >= 4 is 17.4 Å². The number of rotatable bonds is 1. The van der Waals surface area contributed by atoms with Gasteiger partial charge in [-0.2, -0.15) is 5.10 Å². The van der Waals surface area contributed by atoms with E-state index in [1.807, 2.05) is 24.3 Å². The van der Waals surface area contributed by atoms with E-state index >= 15 is 0 Å². The third kappa shape index (κ3) is 1.79. The molecule has 1 aliphatic heterocycles. The Hall–Kier alpha value is -1.52. The second kappa shape index (κ2) is 4.05. The van der Waals surface area contributed by atoms with E-state index in [1.165, 1.54) is 0 Å². The zero-order valence-corrected chi connectivity index (χ0v) is 9.94. The van der Waals surface area contributed by atoms with Crippen molar-refractivity contribution in [2.45, 2.75) is 13.0 Å². The molecule has 2 heterocycles. The molecule has 2 N–H and O–H groups in total. The maximum atomic E-state index is 6.11. The minimum atomic E-state index is 0.535. The smallest absolute Gasteiger partial charge is 0.130 e. The van der Waals surface area contributed by atoms with Crippen molar-refractivity contribution in [2.24, 2.45) is 0 Å². The Kier molecular flexibility index (Phi) is 2.53. The SMILES string of the molecule is Nc1c2c(nn1-c1cccc(Cl)c1)COCC2. The van der Waals surface area contributed by atoms with Crippen LogP contribution in [0, 0.1) is 0 Å². The summed E-state index contributed by atoms with van der Waals surface area (Å²) in [5.41, 5.74) is 9.01. The molecule has 1 aromatic heterocycles. The molecule has 0 amide bonds. The Bertz CT molecular complexity index is 565. The van der Waals surface area contributed by atoms with Gasteiger partial charge in [0, 0.05) is 17.0 Å². The predicted molar refractivity (Wildman–Crippen MR) is 66.3 cm³/mol. The Morgan fingerprint density at radius 3 is 3.06 bits per heavy atom. The van der Waals surface area contributed by atoms with Gasteiger partial charge < -0.3 is 10.5 Å². The average molecular weight is 250 g/mol. The van der Waals surface area contributed by atoms with Crippen LogP contribution >= 0.6 is 11.6 Å². The van der Waals surface area contributed by atoms with E-state index in [2.05, 4.69) is 5.10 Å². The summed E-state index contributed by atoms with van der Waals surface area (Å²) in [6.45, 7) is 1.24. The Balaban J connectivity index is 2.12. The number of fused-ring (bicyclic) bond motifs is 1. The lowest BCUT2D eigenvalue weighted by atomic mass is 10.1. The van der Waals surface area contributed by atoms with Gasteiger partial charge in [-0.3, -0.25) is 0 Å². The molecule has 5 heteroatoms. The number of nitrogens with zero attached hydrogens (tertiary/aromatic N) is 2. The molecule has 0 unspecified atom stereocenters. The normalized spacial score (nSPS) is 14.6. The zero-order valence-electron chi connectivity index (χ0n) is 9.19.